The third-order valence-electron chi connectivity index (χ3n) is 3.96. The normalized spacial score (nSPS) is 19.3. The van der Waals surface area contributed by atoms with Gasteiger partial charge in [-0.2, -0.15) is 0 Å². The molecule has 1 aliphatic heterocycles. The van der Waals surface area contributed by atoms with Crippen molar-refractivity contribution in [2.24, 2.45) is 0 Å². The van der Waals surface area contributed by atoms with Gasteiger partial charge in [0.25, 0.3) is 0 Å². The average molecular weight is 292 g/mol. The van der Waals surface area contributed by atoms with Crippen LogP contribution in [-0.2, 0) is 0 Å². The number of thiocarbonyl (C=S) groups is 1. The molecule has 0 spiro atoms. The first-order chi connectivity index (χ1) is 9.76. The van der Waals surface area contributed by atoms with Crippen LogP contribution in [-0.4, -0.2) is 29.7 Å². The number of nitrogens with one attached hydrogen (secondary N) is 1. The maximum atomic E-state index is 5.63. The number of benzene rings is 1. The summed E-state index contributed by atoms with van der Waals surface area (Å²) in [4.78, 5) is 2.36. The molecule has 0 amide bonds. The van der Waals surface area contributed by atoms with Crippen LogP contribution >= 0.6 is 12.2 Å². The minimum absolute atomic E-state index is 0.562. The first-order valence-corrected chi connectivity index (χ1v) is 7.87. The lowest BCUT2D eigenvalue weighted by Crippen LogP contribution is -2.42. The van der Waals surface area contributed by atoms with Crippen LogP contribution in [0.2, 0.25) is 0 Å². The maximum Gasteiger partial charge on any atom is 0.173 e. The van der Waals surface area contributed by atoms with Gasteiger partial charge in [0.15, 0.2) is 5.11 Å². The molecule has 1 atom stereocenters. The van der Waals surface area contributed by atoms with Crippen molar-refractivity contribution in [2.45, 2.75) is 45.1 Å². The molecule has 1 unspecified atom stereocenters. The zero-order valence-electron chi connectivity index (χ0n) is 12.4. The largest absolute Gasteiger partial charge is 0.495 e. The molecule has 0 radical (unpaired) electrons. The number of likely N-dealkylation sites (tertiary alicyclic amines) is 1. The Bertz CT molecular complexity index is 450. The van der Waals surface area contributed by atoms with E-state index in [1.54, 1.807) is 7.11 Å². The minimum atomic E-state index is 0.562. The Kier molecular flexibility index (Phi) is 5.65. The Morgan fingerprint density at radius 3 is 2.90 bits per heavy atom. The molecule has 0 bridgehead atoms. The zero-order chi connectivity index (χ0) is 14.4. The molecule has 2 rings (SSSR count). The van der Waals surface area contributed by atoms with Gasteiger partial charge < -0.3 is 15.0 Å². The van der Waals surface area contributed by atoms with Gasteiger partial charge >= 0.3 is 0 Å². The standard InChI is InChI=1S/C16H24N2OS/c1-3-13-9-5-4-8-12-18(13)16(20)17-14-10-6-7-11-15(14)19-2/h6-7,10-11,13H,3-5,8-9,12H2,1-2H3,(H,17,20). The Morgan fingerprint density at radius 1 is 1.35 bits per heavy atom. The Labute approximate surface area is 127 Å². The number of anilines is 1. The highest BCUT2D eigenvalue weighted by molar-refractivity contribution is 7.80. The fourth-order valence-corrected chi connectivity index (χ4v) is 3.15. The van der Waals surface area contributed by atoms with Crippen molar-refractivity contribution in [3.63, 3.8) is 0 Å². The van der Waals surface area contributed by atoms with E-state index < -0.39 is 0 Å². The molecular weight excluding hydrogens is 268 g/mol. The molecule has 4 heteroatoms. The van der Waals surface area contributed by atoms with E-state index in [1.165, 1.54) is 25.7 Å². The summed E-state index contributed by atoms with van der Waals surface area (Å²) in [7, 11) is 1.68. The molecule has 20 heavy (non-hydrogen) atoms. The number of ether oxygens (including phenoxy) is 1. The fraction of sp³-hybridized carbons (Fsp3) is 0.562. The first kappa shape index (κ1) is 15.1. The Hall–Kier alpha value is -1.29. The summed E-state index contributed by atoms with van der Waals surface area (Å²) in [5, 5.41) is 4.18. The molecule has 1 saturated heterocycles. The van der Waals surface area contributed by atoms with Gasteiger partial charge in [-0.15, -0.1) is 0 Å². The van der Waals surface area contributed by atoms with Crippen molar-refractivity contribution < 1.29 is 4.74 Å². The van der Waals surface area contributed by atoms with Crippen molar-refractivity contribution in [1.29, 1.82) is 0 Å². The highest BCUT2D eigenvalue weighted by Crippen LogP contribution is 2.25. The number of rotatable bonds is 3. The van der Waals surface area contributed by atoms with Gasteiger partial charge in [-0.1, -0.05) is 31.9 Å². The number of methoxy groups -OCH3 is 1. The third-order valence-corrected chi connectivity index (χ3v) is 4.29. The van der Waals surface area contributed by atoms with Crippen LogP contribution in [0, 0.1) is 0 Å². The van der Waals surface area contributed by atoms with Crippen LogP contribution in [0.3, 0.4) is 0 Å². The molecular formula is C16H24N2OS. The lowest BCUT2D eigenvalue weighted by atomic mass is 10.1. The molecule has 0 saturated carbocycles. The van der Waals surface area contributed by atoms with Gasteiger partial charge in [-0.25, -0.2) is 0 Å². The summed E-state index contributed by atoms with van der Waals surface area (Å²) in [5.74, 6) is 0.831. The van der Waals surface area contributed by atoms with Gasteiger partial charge in [-0.05, 0) is 43.6 Å². The summed E-state index contributed by atoms with van der Waals surface area (Å²) in [6, 6.07) is 8.47. The highest BCUT2D eigenvalue weighted by Gasteiger charge is 2.22. The average Bonchev–Trinajstić information content (AvgIpc) is 2.73. The molecule has 1 aromatic carbocycles. The summed E-state index contributed by atoms with van der Waals surface area (Å²) in [5.41, 5.74) is 0.944. The van der Waals surface area contributed by atoms with Crippen LogP contribution in [0.5, 0.6) is 5.75 Å². The number of para-hydroxylation sites is 2. The summed E-state index contributed by atoms with van der Waals surface area (Å²) in [6.45, 7) is 3.30. The van der Waals surface area contributed by atoms with Crippen molar-refractivity contribution >= 4 is 23.0 Å². The lowest BCUT2D eigenvalue weighted by Gasteiger charge is -2.32. The second-order valence-corrected chi connectivity index (χ2v) is 5.62. The molecule has 110 valence electrons. The predicted molar refractivity (Wildman–Crippen MR) is 88.5 cm³/mol. The fourth-order valence-electron chi connectivity index (χ4n) is 2.80. The van der Waals surface area contributed by atoms with Crippen LogP contribution in [0.4, 0.5) is 5.69 Å². The summed E-state index contributed by atoms with van der Waals surface area (Å²) >= 11 is 5.63. The van der Waals surface area contributed by atoms with E-state index in [9.17, 15) is 0 Å². The minimum Gasteiger partial charge on any atom is -0.495 e. The number of nitrogens with zero attached hydrogens (tertiary/aromatic N) is 1. The van der Waals surface area contributed by atoms with Crippen LogP contribution in [0.25, 0.3) is 0 Å². The van der Waals surface area contributed by atoms with E-state index in [0.29, 0.717) is 6.04 Å². The molecule has 1 heterocycles. The van der Waals surface area contributed by atoms with E-state index in [4.69, 9.17) is 17.0 Å². The molecule has 1 N–H and O–H groups in total. The SMILES string of the molecule is CCC1CCCCCN1C(=S)Nc1ccccc1OC. The topological polar surface area (TPSA) is 24.5 Å². The molecule has 0 aliphatic carbocycles. The molecule has 0 aromatic heterocycles. The summed E-state index contributed by atoms with van der Waals surface area (Å²) in [6.07, 6.45) is 6.23. The molecule has 1 fully saturated rings. The zero-order valence-corrected chi connectivity index (χ0v) is 13.2. The quantitative estimate of drug-likeness (QED) is 0.850. The molecule has 1 aliphatic rings. The molecule has 1 aromatic rings. The smallest absolute Gasteiger partial charge is 0.173 e. The number of hydrogen-bond acceptors (Lipinski definition) is 2. The van der Waals surface area contributed by atoms with E-state index in [-0.39, 0.29) is 0 Å². The van der Waals surface area contributed by atoms with Gasteiger partial charge in [0, 0.05) is 12.6 Å². The van der Waals surface area contributed by atoms with E-state index in [1.807, 2.05) is 24.3 Å². The van der Waals surface area contributed by atoms with Gasteiger partial charge in [0.2, 0.25) is 0 Å². The Morgan fingerprint density at radius 2 is 2.15 bits per heavy atom. The highest BCUT2D eigenvalue weighted by atomic mass is 32.1. The Balaban J connectivity index is 2.09. The van der Waals surface area contributed by atoms with Gasteiger partial charge in [-0.3, -0.25) is 0 Å². The lowest BCUT2D eigenvalue weighted by molar-refractivity contribution is 0.311. The van der Waals surface area contributed by atoms with E-state index in [2.05, 4.69) is 17.1 Å². The van der Waals surface area contributed by atoms with Crippen LogP contribution < -0.4 is 10.1 Å². The van der Waals surface area contributed by atoms with Crippen molar-refractivity contribution in [3.8, 4) is 5.75 Å². The van der Waals surface area contributed by atoms with Crippen molar-refractivity contribution in [3.05, 3.63) is 24.3 Å². The van der Waals surface area contributed by atoms with Crippen LogP contribution in [0.15, 0.2) is 24.3 Å². The third kappa shape index (κ3) is 3.63. The second-order valence-electron chi connectivity index (χ2n) is 5.24. The van der Waals surface area contributed by atoms with Gasteiger partial charge in [0.05, 0.1) is 12.8 Å². The van der Waals surface area contributed by atoms with Crippen molar-refractivity contribution in [1.82, 2.24) is 4.90 Å². The van der Waals surface area contributed by atoms with Gasteiger partial charge in [0.1, 0.15) is 5.75 Å². The maximum absolute atomic E-state index is 5.63. The van der Waals surface area contributed by atoms with E-state index >= 15 is 0 Å². The predicted octanol–water partition coefficient (Wildman–Crippen LogP) is 4.05. The monoisotopic (exact) mass is 292 g/mol. The first-order valence-electron chi connectivity index (χ1n) is 7.47. The van der Waals surface area contributed by atoms with Crippen LogP contribution in [0.1, 0.15) is 39.0 Å². The molecule has 3 nitrogen and oxygen atoms in total. The van der Waals surface area contributed by atoms with Crippen molar-refractivity contribution in [2.75, 3.05) is 19.0 Å². The second kappa shape index (κ2) is 7.48. The summed E-state index contributed by atoms with van der Waals surface area (Å²) < 4.78 is 5.37. The van der Waals surface area contributed by atoms with E-state index in [0.717, 1.165) is 29.5 Å². The number of hydrogen-bond donors (Lipinski definition) is 1.